The van der Waals surface area contributed by atoms with Crippen molar-refractivity contribution in [2.75, 3.05) is 13.1 Å². The van der Waals surface area contributed by atoms with Gasteiger partial charge < -0.3 is 15.2 Å². The first-order chi connectivity index (χ1) is 12.5. The van der Waals surface area contributed by atoms with Crippen molar-refractivity contribution in [1.29, 1.82) is 0 Å². The predicted molar refractivity (Wildman–Crippen MR) is 91.6 cm³/mol. The Kier molecular flexibility index (Phi) is 4.08. The molecule has 3 heterocycles. The van der Waals surface area contributed by atoms with Crippen LogP contribution in [0.4, 0.5) is 8.78 Å². The topological polar surface area (TPSA) is 72.2 Å². The smallest absolute Gasteiger partial charge is 0.394 e. The fourth-order valence-corrected chi connectivity index (χ4v) is 3.08. The normalized spacial score (nSPS) is 15.2. The van der Waals surface area contributed by atoms with Gasteiger partial charge in [-0.05, 0) is 35.9 Å². The summed E-state index contributed by atoms with van der Waals surface area (Å²) in [5.74, 6) is 0.333. The van der Waals surface area contributed by atoms with E-state index in [0.29, 0.717) is 18.3 Å². The van der Waals surface area contributed by atoms with E-state index in [4.69, 9.17) is 5.10 Å². The second-order valence-electron chi connectivity index (χ2n) is 6.38. The lowest BCUT2D eigenvalue weighted by Crippen LogP contribution is -2.40. The number of aliphatic hydroxyl groups excluding tert-OH is 1. The number of nitrogens with one attached hydrogen (secondary N) is 1. The van der Waals surface area contributed by atoms with Crippen LogP contribution in [0.1, 0.15) is 24.1 Å². The lowest BCUT2D eigenvalue weighted by Gasteiger charge is -2.25. The molecule has 0 atom stereocenters. The first kappa shape index (κ1) is 16.9. The van der Waals surface area contributed by atoms with E-state index in [1.807, 2.05) is 0 Å². The van der Waals surface area contributed by atoms with Crippen molar-refractivity contribution in [3.63, 3.8) is 0 Å². The number of pyridine rings is 1. The summed E-state index contributed by atoms with van der Waals surface area (Å²) in [5, 5.41) is 18.5. The van der Waals surface area contributed by atoms with Gasteiger partial charge in [0.25, 0.3) is 0 Å². The third-order valence-electron chi connectivity index (χ3n) is 4.40. The van der Waals surface area contributed by atoms with E-state index in [1.165, 1.54) is 12.1 Å². The third kappa shape index (κ3) is 3.02. The molecule has 1 aliphatic heterocycles. The van der Waals surface area contributed by atoms with Gasteiger partial charge in [0, 0.05) is 37.5 Å². The summed E-state index contributed by atoms with van der Waals surface area (Å²) in [6.07, 6.45) is -1.61. The molecule has 0 aliphatic carbocycles. The molecule has 0 unspecified atom stereocenters. The third-order valence-corrected chi connectivity index (χ3v) is 4.40. The molecular weight excluding hydrogens is 342 g/mol. The first-order valence-electron chi connectivity index (χ1n) is 8.31. The zero-order chi connectivity index (χ0) is 18.3. The lowest BCUT2D eigenvalue weighted by atomic mass is 9.95. The van der Waals surface area contributed by atoms with E-state index in [-0.39, 0.29) is 18.3 Å². The minimum atomic E-state index is -3.23. The fourth-order valence-electron chi connectivity index (χ4n) is 3.08. The van der Waals surface area contributed by atoms with Crippen molar-refractivity contribution in [1.82, 2.24) is 20.1 Å². The summed E-state index contributed by atoms with van der Waals surface area (Å²) >= 11 is 0. The monoisotopic (exact) mass is 360 g/mol. The quantitative estimate of drug-likeness (QED) is 0.732. The molecule has 1 saturated heterocycles. The van der Waals surface area contributed by atoms with Crippen molar-refractivity contribution < 1.29 is 18.6 Å². The zero-order valence-corrected chi connectivity index (χ0v) is 14.1. The number of hydrogen-bond acceptors (Lipinski definition) is 5. The molecule has 3 aromatic rings. The largest absolute Gasteiger partial charge is 0.433 e. The van der Waals surface area contributed by atoms with E-state index in [0.717, 1.165) is 29.7 Å². The Morgan fingerprint density at radius 1 is 1.27 bits per heavy atom. The van der Waals surface area contributed by atoms with Crippen LogP contribution in [-0.2, 0) is 6.61 Å². The summed E-state index contributed by atoms with van der Waals surface area (Å²) in [6, 6.07) is 8.04. The van der Waals surface area contributed by atoms with E-state index >= 15 is 0 Å². The summed E-state index contributed by atoms with van der Waals surface area (Å²) < 4.78 is 32.2. The Balaban J connectivity index is 1.79. The van der Waals surface area contributed by atoms with Crippen molar-refractivity contribution in [2.45, 2.75) is 25.6 Å². The van der Waals surface area contributed by atoms with Gasteiger partial charge in [0.1, 0.15) is 5.75 Å². The molecule has 8 heteroatoms. The van der Waals surface area contributed by atoms with Crippen LogP contribution in [0, 0.1) is 0 Å². The second-order valence-corrected chi connectivity index (χ2v) is 6.38. The summed E-state index contributed by atoms with van der Waals surface area (Å²) in [4.78, 5) is 4.43. The van der Waals surface area contributed by atoms with Crippen molar-refractivity contribution in [3.05, 3.63) is 47.8 Å². The van der Waals surface area contributed by atoms with Crippen LogP contribution in [-0.4, -0.2) is 39.1 Å². The number of halogens is 2. The lowest BCUT2D eigenvalue weighted by molar-refractivity contribution is -0.158. The fraction of sp³-hybridized carbons (Fsp3) is 0.333. The van der Waals surface area contributed by atoms with Gasteiger partial charge in [-0.15, -0.1) is 0 Å². The summed E-state index contributed by atoms with van der Waals surface area (Å²) in [7, 11) is 0. The molecule has 0 spiro atoms. The molecule has 26 heavy (non-hydrogen) atoms. The SMILES string of the molecule is CC(F)(F)Oc1ccc(-n2nc(C3CNC3)c3c(CO)ccnc32)cc1. The zero-order valence-electron chi connectivity index (χ0n) is 14.1. The molecule has 0 amide bonds. The number of fused-ring (bicyclic) bond motifs is 1. The molecule has 2 aromatic heterocycles. The second kappa shape index (κ2) is 6.30. The highest BCUT2D eigenvalue weighted by atomic mass is 19.3. The van der Waals surface area contributed by atoms with Crippen LogP contribution >= 0.6 is 0 Å². The molecule has 0 radical (unpaired) electrons. The maximum Gasteiger partial charge on any atom is 0.394 e. The molecule has 136 valence electrons. The summed E-state index contributed by atoms with van der Waals surface area (Å²) in [5.41, 5.74) is 2.97. The van der Waals surface area contributed by atoms with Gasteiger partial charge in [-0.2, -0.15) is 13.9 Å². The van der Waals surface area contributed by atoms with Gasteiger partial charge in [0.05, 0.1) is 18.0 Å². The summed E-state index contributed by atoms with van der Waals surface area (Å²) in [6.45, 7) is 2.24. The molecule has 1 aromatic carbocycles. The number of ether oxygens (including phenoxy) is 1. The van der Waals surface area contributed by atoms with Gasteiger partial charge in [0.2, 0.25) is 0 Å². The van der Waals surface area contributed by atoms with E-state index in [1.54, 1.807) is 29.1 Å². The molecule has 0 saturated carbocycles. The van der Waals surface area contributed by atoms with Gasteiger partial charge in [-0.3, -0.25) is 0 Å². The van der Waals surface area contributed by atoms with Crippen LogP contribution in [0.25, 0.3) is 16.7 Å². The number of nitrogens with zero attached hydrogens (tertiary/aromatic N) is 3. The molecular formula is C18H18F2N4O2. The van der Waals surface area contributed by atoms with Crippen molar-refractivity contribution in [3.8, 4) is 11.4 Å². The minimum Gasteiger partial charge on any atom is -0.433 e. The Labute approximate surface area is 148 Å². The van der Waals surface area contributed by atoms with Crippen LogP contribution < -0.4 is 10.1 Å². The Morgan fingerprint density at radius 3 is 2.58 bits per heavy atom. The highest BCUT2D eigenvalue weighted by Gasteiger charge is 2.27. The van der Waals surface area contributed by atoms with Gasteiger partial charge >= 0.3 is 6.11 Å². The number of benzene rings is 1. The average Bonchev–Trinajstić information content (AvgIpc) is 2.92. The molecule has 1 aliphatic rings. The van der Waals surface area contributed by atoms with Gasteiger partial charge in [-0.25, -0.2) is 9.67 Å². The van der Waals surface area contributed by atoms with E-state index < -0.39 is 6.11 Å². The van der Waals surface area contributed by atoms with Crippen molar-refractivity contribution in [2.24, 2.45) is 0 Å². The standard InChI is InChI=1S/C18H18F2N4O2/c1-18(19,20)26-14-4-2-13(3-5-14)24-17-15(11(10-25)6-7-22-17)16(23-24)12-8-21-9-12/h2-7,12,21,25H,8-10H2,1H3. The van der Waals surface area contributed by atoms with Crippen LogP contribution in [0.15, 0.2) is 36.5 Å². The van der Waals surface area contributed by atoms with E-state index in [2.05, 4.69) is 15.0 Å². The van der Waals surface area contributed by atoms with Crippen LogP contribution in [0.5, 0.6) is 5.75 Å². The molecule has 2 N–H and O–H groups in total. The minimum absolute atomic E-state index is 0.0742. The van der Waals surface area contributed by atoms with Crippen LogP contribution in [0.3, 0.4) is 0 Å². The van der Waals surface area contributed by atoms with E-state index in [9.17, 15) is 13.9 Å². The number of rotatable bonds is 5. The Hall–Kier alpha value is -2.58. The maximum absolute atomic E-state index is 13.0. The number of alkyl halides is 2. The first-order valence-corrected chi connectivity index (χ1v) is 8.31. The highest BCUT2D eigenvalue weighted by Crippen LogP contribution is 2.31. The Morgan fingerprint density at radius 2 is 2.00 bits per heavy atom. The number of hydrogen-bond donors (Lipinski definition) is 2. The predicted octanol–water partition coefficient (Wildman–Crippen LogP) is 2.59. The average molecular weight is 360 g/mol. The molecule has 4 rings (SSSR count). The number of aromatic nitrogens is 3. The van der Waals surface area contributed by atoms with Crippen LogP contribution in [0.2, 0.25) is 0 Å². The molecule has 1 fully saturated rings. The van der Waals surface area contributed by atoms with Crippen molar-refractivity contribution >= 4 is 11.0 Å². The highest BCUT2D eigenvalue weighted by molar-refractivity contribution is 5.84. The Bertz CT molecular complexity index is 931. The van der Waals surface area contributed by atoms with Gasteiger partial charge in [-0.1, -0.05) is 0 Å². The maximum atomic E-state index is 13.0. The molecule has 0 bridgehead atoms. The number of aliphatic hydroxyl groups is 1. The molecule has 6 nitrogen and oxygen atoms in total. The van der Waals surface area contributed by atoms with Gasteiger partial charge in [0.15, 0.2) is 5.65 Å².